The summed E-state index contributed by atoms with van der Waals surface area (Å²) in [6, 6.07) is 0. The first kappa shape index (κ1) is 16.9. The molecule has 0 heteroatoms. The van der Waals surface area contributed by atoms with Crippen molar-refractivity contribution in [1.29, 1.82) is 0 Å². The molecular weight excluding hydrogens is 216 g/mol. The van der Waals surface area contributed by atoms with Crippen LogP contribution in [0.5, 0.6) is 0 Å². The van der Waals surface area contributed by atoms with Crippen molar-refractivity contribution in [1.82, 2.24) is 0 Å². The molecule has 0 amide bonds. The first-order chi connectivity index (χ1) is 8.91. The fourth-order valence-corrected chi connectivity index (χ4v) is 1.66. The molecule has 0 aromatic heterocycles. The molecule has 0 N–H and O–H groups in total. The van der Waals surface area contributed by atoms with E-state index in [4.69, 9.17) is 0 Å². The highest BCUT2D eigenvalue weighted by atomic mass is 13.9. The van der Waals surface area contributed by atoms with Gasteiger partial charge in [-0.15, -0.1) is 0 Å². The minimum Gasteiger partial charge on any atom is -0.0891 e. The lowest BCUT2D eigenvalue weighted by Gasteiger charge is -1.92. The van der Waals surface area contributed by atoms with E-state index in [2.05, 4.69) is 43.6 Å². The zero-order chi connectivity index (χ0) is 13.3. The average Bonchev–Trinajstić information content (AvgIpc) is 2.39. The van der Waals surface area contributed by atoms with Crippen molar-refractivity contribution < 1.29 is 0 Å². The molecular formula is C18H28. The summed E-state index contributed by atoms with van der Waals surface area (Å²) in [5.74, 6) is 11.9. The van der Waals surface area contributed by atoms with Gasteiger partial charge in [0.15, 0.2) is 0 Å². The van der Waals surface area contributed by atoms with Crippen molar-refractivity contribution in [2.45, 2.75) is 78.1 Å². The molecule has 0 saturated carbocycles. The molecule has 0 fully saturated rings. The summed E-state index contributed by atoms with van der Waals surface area (Å²) in [6.45, 7) is 4.47. The van der Waals surface area contributed by atoms with Crippen molar-refractivity contribution in [2.24, 2.45) is 0 Å². The Morgan fingerprint density at radius 1 is 0.778 bits per heavy atom. The summed E-state index contributed by atoms with van der Waals surface area (Å²) in [6.07, 6.45) is 16.7. The van der Waals surface area contributed by atoms with Crippen LogP contribution in [-0.2, 0) is 0 Å². The van der Waals surface area contributed by atoms with Gasteiger partial charge in [0, 0.05) is 6.42 Å². The van der Waals surface area contributed by atoms with Crippen LogP contribution in [0.3, 0.4) is 0 Å². The van der Waals surface area contributed by atoms with Crippen molar-refractivity contribution in [3.05, 3.63) is 12.2 Å². The molecule has 0 unspecified atom stereocenters. The van der Waals surface area contributed by atoms with Gasteiger partial charge >= 0.3 is 0 Å². The molecule has 0 aromatic rings. The Bertz CT molecular complexity index is 300. The fourth-order valence-electron chi connectivity index (χ4n) is 1.66. The third-order valence-corrected chi connectivity index (χ3v) is 2.80. The summed E-state index contributed by atoms with van der Waals surface area (Å²) in [7, 11) is 0. The first-order valence-corrected chi connectivity index (χ1v) is 7.55. The summed E-state index contributed by atoms with van der Waals surface area (Å²) in [4.78, 5) is 0. The molecule has 0 bridgehead atoms. The maximum atomic E-state index is 3.11. The van der Waals surface area contributed by atoms with E-state index in [-0.39, 0.29) is 0 Å². The maximum Gasteiger partial charge on any atom is 0.00989 e. The van der Waals surface area contributed by atoms with Gasteiger partial charge in [-0.25, -0.2) is 0 Å². The molecule has 0 radical (unpaired) electrons. The second-order valence-electron chi connectivity index (χ2n) is 4.63. The standard InChI is InChI=1S/C18H28/c1-3-5-7-9-11-13-15-17-18-16-14-12-10-8-6-4-2/h13,15H,3-12H2,1-2H3/b15-13+. The number of allylic oxidation sites excluding steroid dienone is 2. The molecule has 100 valence electrons. The first-order valence-electron chi connectivity index (χ1n) is 7.55. The molecule has 0 aliphatic heterocycles. The van der Waals surface area contributed by atoms with E-state index >= 15 is 0 Å². The molecule has 0 rings (SSSR count). The highest BCUT2D eigenvalue weighted by molar-refractivity contribution is 5.30. The van der Waals surface area contributed by atoms with Crippen molar-refractivity contribution in [3.63, 3.8) is 0 Å². The third-order valence-electron chi connectivity index (χ3n) is 2.80. The van der Waals surface area contributed by atoms with Crippen LogP contribution in [0, 0.1) is 23.7 Å². The predicted molar refractivity (Wildman–Crippen MR) is 82.2 cm³/mol. The largest absolute Gasteiger partial charge is 0.0891 e. The molecule has 0 aliphatic rings. The van der Waals surface area contributed by atoms with Crippen LogP contribution in [0.25, 0.3) is 0 Å². The minimum absolute atomic E-state index is 0.995. The van der Waals surface area contributed by atoms with Gasteiger partial charge in [0.05, 0.1) is 0 Å². The van der Waals surface area contributed by atoms with Crippen LogP contribution in [0.15, 0.2) is 12.2 Å². The normalized spacial score (nSPS) is 9.67. The molecule has 0 nitrogen and oxygen atoms in total. The Kier molecular flexibility index (Phi) is 14.9. The minimum atomic E-state index is 0.995. The lowest BCUT2D eigenvalue weighted by molar-refractivity contribution is 0.674. The number of unbranched alkanes of at least 4 members (excludes halogenated alkanes) is 8. The van der Waals surface area contributed by atoms with E-state index in [0.717, 1.165) is 12.8 Å². The topological polar surface area (TPSA) is 0 Å². The van der Waals surface area contributed by atoms with Gasteiger partial charge in [-0.1, -0.05) is 70.3 Å². The van der Waals surface area contributed by atoms with Gasteiger partial charge in [0.25, 0.3) is 0 Å². The molecule has 0 aromatic carbocycles. The molecule has 0 spiro atoms. The molecule has 0 atom stereocenters. The predicted octanol–water partition coefficient (Wildman–Crippen LogP) is 5.49. The van der Waals surface area contributed by atoms with E-state index in [1.807, 2.05) is 6.08 Å². The average molecular weight is 244 g/mol. The summed E-state index contributed by atoms with van der Waals surface area (Å²) in [5, 5.41) is 0. The number of hydrogen-bond donors (Lipinski definition) is 0. The van der Waals surface area contributed by atoms with Crippen LogP contribution >= 0.6 is 0 Å². The lowest BCUT2D eigenvalue weighted by Crippen LogP contribution is -1.73. The highest BCUT2D eigenvalue weighted by Gasteiger charge is 1.83. The quantitative estimate of drug-likeness (QED) is 0.371. The van der Waals surface area contributed by atoms with Crippen LogP contribution < -0.4 is 0 Å². The van der Waals surface area contributed by atoms with Gasteiger partial charge < -0.3 is 0 Å². The van der Waals surface area contributed by atoms with Gasteiger partial charge in [0.1, 0.15) is 0 Å². The highest BCUT2D eigenvalue weighted by Crippen LogP contribution is 2.02. The van der Waals surface area contributed by atoms with Crippen LogP contribution in [0.2, 0.25) is 0 Å². The maximum absolute atomic E-state index is 3.11. The fraction of sp³-hybridized carbons (Fsp3) is 0.667. The van der Waals surface area contributed by atoms with Crippen molar-refractivity contribution >= 4 is 0 Å². The Hall–Kier alpha value is -1.14. The Morgan fingerprint density at radius 2 is 1.50 bits per heavy atom. The zero-order valence-electron chi connectivity index (χ0n) is 12.2. The molecule has 0 aliphatic carbocycles. The van der Waals surface area contributed by atoms with E-state index in [9.17, 15) is 0 Å². The molecule has 18 heavy (non-hydrogen) atoms. The monoisotopic (exact) mass is 244 g/mol. The lowest BCUT2D eigenvalue weighted by atomic mass is 10.1. The van der Waals surface area contributed by atoms with Crippen molar-refractivity contribution in [3.8, 4) is 23.7 Å². The van der Waals surface area contributed by atoms with Gasteiger partial charge in [0.2, 0.25) is 0 Å². The van der Waals surface area contributed by atoms with Crippen molar-refractivity contribution in [2.75, 3.05) is 0 Å². The Morgan fingerprint density at radius 3 is 2.22 bits per heavy atom. The van der Waals surface area contributed by atoms with E-state index in [0.29, 0.717) is 0 Å². The second kappa shape index (κ2) is 15.9. The Labute approximate surface area is 114 Å². The van der Waals surface area contributed by atoms with Gasteiger partial charge in [-0.05, 0) is 37.2 Å². The van der Waals surface area contributed by atoms with Gasteiger partial charge in [-0.2, -0.15) is 0 Å². The Balaban J connectivity index is 3.41. The van der Waals surface area contributed by atoms with Crippen LogP contribution in [-0.4, -0.2) is 0 Å². The van der Waals surface area contributed by atoms with E-state index in [1.165, 1.54) is 51.4 Å². The van der Waals surface area contributed by atoms with Crippen LogP contribution in [0.4, 0.5) is 0 Å². The number of hydrogen-bond acceptors (Lipinski definition) is 0. The SMILES string of the molecule is CCCCCCC#CC#C/C=C/CCCCCC. The summed E-state index contributed by atoms with van der Waals surface area (Å²) >= 11 is 0. The van der Waals surface area contributed by atoms with Gasteiger partial charge in [-0.3, -0.25) is 0 Å². The number of rotatable bonds is 9. The van der Waals surface area contributed by atoms with E-state index < -0.39 is 0 Å². The summed E-state index contributed by atoms with van der Waals surface area (Å²) < 4.78 is 0. The third kappa shape index (κ3) is 14.9. The molecule has 0 saturated heterocycles. The van der Waals surface area contributed by atoms with Crippen LogP contribution in [0.1, 0.15) is 78.1 Å². The molecule has 0 heterocycles. The second-order valence-corrected chi connectivity index (χ2v) is 4.63. The smallest absolute Gasteiger partial charge is 0.00989 e. The zero-order valence-corrected chi connectivity index (χ0v) is 12.2. The van der Waals surface area contributed by atoms with E-state index in [1.54, 1.807) is 0 Å². The summed E-state index contributed by atoms with van der Waals surface area (Å²) in [5.41, 5.74) is 0.